The first-order valence-corrected chi connectivity index (χ1v) is 9.52. The molecule has 0 aromatic rings. The molecule has 2 heterocycles. The lowest BCUT2D eigenvalue weighted by molar-refractivity contribution is 0.107. The SMILES string of the molecule is CCNC(=NCC1CCCN(CC(C)C)C1)N1CCC(O)CC1. The maximum atomic E-state index is 9.68. The van der Waals surface area contributed by atoms with E-state index in [0.717, 1.165) is 50.9 Å². The van der Waals surface area contributed by atoms with Gasteiger partial charge in [0.15, 0.2) is 5.96 Å². The second kappa shape index (κ2) is 9.48. The summed E-state index contributed by atoms with van der Waals surface area (Å²) in [5.41, 5.74) is 0. The number of nitrogens with zero attached hydrogens (tertiary/aromatic N) is 3. The van der Waals surface area contributed by atoms with Gasteiger partial charge >= 0.3 is 0 Å². The van der Waals surface area contributed by atoms with E-state index >= 15 is 0 Å². The van der Waals surface area contributed by atoms with Gasteiger partial charge < -0.3 is 20.2 Å². The zero-order valence-electron chi connectivity index (χ0n) is 15.3. The van der Waals surface area contributed by atoms with E-state index in [0.29, 0.717) is 5.92 Å². The van der Waals surface area contributed by atoms with E-state index in [1.54, 1.807) is 0 Å². The summed E-state index contributed by atoms with van der Waals surface area (Å²) in [6.45, 7) is 14.0. The Kier molecular flexibility index (Phi) is 7.63. The van der Waals surface area contributed by atoms with Crippen LogP contribution < -0.4 is 5.32 Å². The van der Waals surface area contributed by atoms with Gasteiger partial charge in [-0.05, 0) is 51.0 Å². The Balaban J connectivity index is 1.86. The third-order valence-electron chi connectivity index (χ3n) is 4.82. The molecule has 0 saturated carbocycles. The summed E-state index contributed by atoms with van der Waals surface area (Å²) >= 11 is 0. The molecule has 5 nitrogen and oxygen atoms in total. The summed E-state index contributed by atoms with van der Waals surface area (Å²) in [7, 11) is 0. The van der Waals surface area contributed by atoms with Crippen molar-refractivity contribution in [3.8, 4) is 0 Å². The third-order valence-corrected chi connectivity index (χ3v) is 4.82. The van der Waals surface area contributed by atoms with E-state index in [9.17, 15) is 5.11 Å². The van der Waals surface area contributed by atoms with Crippen molar-refractivity contribution < 1.29 is 5.11 Å². The lowest BCUT2D eigenvalue weighted by atomic mass is 9.97. The smallest absolute Gasteiger partial charge is 0.193 e. The highest BCUT2D eigenvalue weighted by atomic mass is 16.3. The quantitative estimate of drug-likeness (QED) is 0.598. The van der Waals surface area contributed by atoms with Crippen LogP contribution in [0.25, 0.3) is 0 Å². The van der Waals surface area contributed by atoms with Gasteiger partial charge in [0.05, 0.1) is 6.10 Å². The van der Waals surface area contributed by atoms with E-state index in [4.69, 9.17) is 4.99 Å². The van der Waals surface area contributed by atoms with Gasteiger partial charge in [-0.15, -0.1) is 0 Å². The fraction of sp³-hybridized carbons (Fsp3) is 0.944. The van der Waals surface area contributed by atoms with Gasteiger partial charge in [-0.1, -0.05) is 13.8 Å². The zero-order valence-corrected chi connectivity index (χ0v) is 15.3. The van der Waals surface area contributed by atoms with Crippen LogP contribution >= 0.6 is 0 Å². The van der Waals surface area contributed by atoms with Gasteiger partial charge in [-0.25, -0.2) is 0 Å². The van der Waals surface area contributed by atoms with Crippen molar-refractivity contribution in [2.24, 2.45) is 16.8 Å². The molecule has 23 heavy (non-hydrogen) atoms. The standard InChI is InChI=1S/C18H36N4O/c1-4-19-18(22-10-7-17(23)8-11-22)20-12-16-6-5-9-21(14-16)13-15(2)3/h15-17,23H,4-14H2,1-3H3,(H,19,20). The van der Waals surface area contributed by atoms with E-state index < -0.39 is 0 Å². The topological polar surface area (TPSA) is 51.1 Å². The minimum absolute atomic E-state index is 0.128. The number of hydrogen-bond acceptors (Lipinski definition) is 3. The van der Waals surface area contributed by atoms with Crippen LogP contribution in [-0.4, -0.2) is 72.8 Å². The van der Waals surface area contributed by atoms with Gasteiger partial charge in [-0.3, -0.25) is 4.99 Å². The Morgan fingerprint density at radius 3 is 2.61 bits per heavy atom. The normalized spacial score (nSPS) is 25.2. The number of hydrogen-bond donors (Lipinski definition) is 2. The summed E-state index contributed by atoms with van der Waals surface area (Å²) in [4.78, 5) is 9.84. The Morgan fingerprint density at radius 1 is 1.22 bits per heavy atom. The largest absolute Gasteiger partial charge is 0.393 e. The van der Waals surface area contributed by atoms with Gasteiger partial charge in [0, 0.05) is 39.3 Å². The lowest BCUT2D eigenvalue weighted by Crippen LogP contribution is -2.47. The fourth-order valence-corrected chi connectivity index (χ4v) is 3.70. The fourth-order valence-electron chi connectivity index (χ4n) is 3.70. The van der Waals surface area contributed by atoms with Crippen LogP contribution in [0.4, 0.5) is 0 Å². The molecule has 2 rings (SSSR count). The number of aliphatic hydroxyl groups is 1. The monoisotopic (exact) mass is 324 g/mol. The number of piperidine rings is 2. The molecule has 2 aliphatic heterocycles. The van der Waals surface area contributed by atoms with Crippen molar-refractivity contribution in [2.75, 3.05) is 45.8 Å². The summed E-state index contributed by atoms with van der Waals surface area (Å²) in [5, 5.41) is 13.1. The van der Waals surface area contributed by atoms with Crippen molar-refractivity contribution in [3.63, 3.8) is 0 Å². The molecule has 0 radical (unpaired) electrons. The molecule has 0 aliphatic carbocycles. The average molecular weight is 325 g/mol. The van der Waals surface area contributed by atoms with Gasteiger partial charge in [0.25, 0.3) is 0 Å². The highest BCUT2D eigenvalue weighted by molar-refractivity contribution is 5.80. The summed E-state index contributed by atoms with van der Waals surface area (Å²) < 4.78 is 0. The minimum Gasteiger partial charge on any atom is -0.393 e. The van der Waals surface area contributed by atoms with E-state index in [1.165, 1.54) is 32.5 Å². The highest BCUT2D eigenvalue weighted by Crippen LogP contribution is 2.18. The van der Waals surface area contributed by atoms with Crippen LogP contribution in [-0.2, 0) is 0 Å². The molecule has 1 unspecified atom stereocenters. The Morgan fingerprint density at radius 2 is 1.96 bits per heavy atom. The molecule has 0 aromatic carbocycles. The van der Waals surface area contributed by atoms with Crippen molar-refractivity contribution in [1.29, 1.82) is 0 Å². The molecule has 134 valence electrons. The summed E-state index contributed by atoms with van der Waals surface area (Å²) in [6, 6.07) is 0. The highest BCUT2D eigenvalue weighted by Gasteiger charge is 2.22. The second-order valence-electron chi connectivity index (χ2n) is 7.57. The minimum atomic E-state index is -0.128. The van der Waals surface area contributed by atoms with E-state index in [-0.39, 0.29) is 6.10 Å². The number of nitrogens with one attached hydrogen (secondary N) is 1. The number of aliphatic imine (C=N–C) groups is 1. The lowest BCUT2D eigenvalue weighted by Gasteiger charge is -2.34. The van der Waals surface area contributed by atoms with Crippen LogP contribution in [0.5, 0.6) is 0 Å². The van der Waals surface area contributed by atoms with E-state index in [2.05, 4.69) is 35.9 Å². The molecule has 2 fully saturated rings. The average Bonchev–Trinajstić information content (AvgIpc) is 2.52. The molecule has 2 saturated heterocycles. The zero-order chi connectivity index (χ0) is 16.7. The Labute approximate surface area is 142 Å². The van der Waals surface area contributed by atoms with Crippen LogP contribution in [0, 0.1) is 11.8 Å². The third kappa shape index (κ3) is 6.30. The number of guanidine groups is 1. The van der Waals surface area contributed by atoms with Crippen LogP contribution in [0.3, 0.4) is 0 Å². The molecule has 0 aromatic heterocycles. The maximum Gasteiger partial charge on any atom is 0.193 e. The number of aliphatic hydroxyl groups excluding tert-OH is 1. The molecular weight excluding hydrogens is 288 g/mol. The van der Waals surface area contributed by atoms with E-state index in [1.807, 2.05) is 0 Å². The van der Waals surface area contributed by atoms with Crippen LogP contribution in [0.15, 0.2) is 4.99 Å². The van der Waals surface area contributed by atoms with Crippen LogP contribution in [0.2, 0.25) is 0 Å². The first-order chi connectivity index (χ1) is 11.1. The molecule has 1 atom stereocenters. The van der Waals surface area contributed by atoms with Gasteiger partial charge in [0.1, 0.15) is 0 Å². The van der Waals surface area contributed by atoms with Crippen LogP contribution in [0.1, 0.15) is 46.5 Å². The van der Waals surface area contributed by atoms with Crippen molar-refractivity contribution in [3.05, 3.63) is 0 Å². The summed E-state index contributed by atoms with van der Waals surface area (Å²) in [5.74, 6) is 2.47. The molecule has 2 aliphatic rings. The molecule has 0 spiro atoms. The first-order valence-electron chi connectivity index (χ1n) is 9.52. The molecular formula is C18H36N4O. The molecule has 0 bridgehead atoms. The number of likely N-dealkylation sites (tertiary alicyclic amines) is 2. The second-order valence-corrected chi connectivity index (χ2v) is 7.57. The van der Waals surface area contributed by atoms with Crippen molar-refractivity contribution in [1.82, 2.24) is 15.1 Å². The van der Waals surface area contributed by atoms with Crippen molar-refractivity contribution >= 4 is 5.96 Å². The molecule has 2 N–H and O–H groups in total. The Hall–Kier alpha value is -0.810. The predicted octanol–water partition coefficient (Wildman–Crippen LogP) is 1.78. The Bertz CT molecular complexity index is 364. The maximum absolute atomic E-state index is 9.68. The van der Waals surface area contributed by atoms with Gasteiger partial charge in [-0.2, -0.15) is 0 Å². The molecule has 0 amide bonds. The van der Waals surface area contributed by atoms with Gasteiger partial charge in [0.2, 0.25) is 0 Å². The first kappa shape index (κ1) is 18.5. The predicted molar refractivity (Wildman–Crippen MR) is 96.8 cm³/mol. The van der Waals surface area contributed by atoms with Crippen molar-refractivity contribution in [2.45, 2.75) is 52.6 Å². The number of rotatable bonds is 5. The summed E-state index contributed by atoms with van der Waals surface area (Å²) in [6.07, 6.45) is 4.19. The molecule has 5 heteroatoms.